The van der Waals surface area contributed by atoms with Crippen molar-refractivity contribution in [3.05, 3.63) is 48.0 Å². The molecule has 24 heavy (non-hydrogen) atoms. The summed E-state index contributed by atoms with van der Waals surface area (Å²) >= 11 is 0. The summed E-state index contributed by atoms with van der Waals surface area (Å²) in [6.07, 6.45) is -1.50. The molecule has 6 nitrogen and oxygen atoms in total. The fourth-order valence-electron chi connectivity index (χ4n) is 3.27. The number of aliphatic hydroxyl groups excluding tert-OH is 1. The largest absolute Gasteiger partial charge is 0.497 e. The van der Waals surface area contributed by atoms with Gasteiger partial charge in [-0.15, -0.1) is 0 Å². The number of anilines is 1. The van der Waals surface area contributed by atoms with Crippen LogP contribution in [0.15, 0.2) is 42.5 Å². The third kappa shape index (κ3) is 2.03. The molecule has 2 aliphatic heterocycles. The second-order valence-corrected chi connectivity index (χ2v) is 5.78. The summed E-state index contributed by atoms with van der Waals surface area (Å²) < 4.78 is 16.1. The van der Waals surface area contributed by atoms with Crippen molar-refractivity contribution in [2.45, 2.75) is 18.2 Å². The van der Waals surface area contributed by atoms with Gasteiger partial charge >= 0.3 is 0 Å². The Morgan fingerprint density at radius 2 is 1.71 bits per heavy atom. The van der Waals surface area contributed by atoms with Gasteiger partial charge in [-0.3, -0.25) is 9.69 Å². The highest BCUT2D eigenvalue weighted by atomic mass is 16.5. The number of carbonyl (C=O) groups excluding carboxylic acids is 1. The smallest absolute Gasteiger partial charge is 0.270 e. The molecule has 2 heterocycles. The molecular formula is C18H17NO5. The molecule has 0 aromatic heterocycles. The minimum Gasteiger partial charge on any atom is -0.497 e. The minimum absolute atomic E-state index is 0.161. The number of benzene rings is 2. The van der Waals surface area contributed by atoms with E-state index in [0.717, 1.165) is 0 Å². The summed E-state index contributed by atoms with van der Waals surface area (Å²) in [6, 6.07) is 11.9. The number of ether oxygens (including phenoxy) is 3. The van der Waals surface area contributed by atoms with Crippen LogP contribution in [0.25, 0.3) is 0 Å². The van der Waals surface area contributed by atoms with Gasteiger partial charge in [-0.2, -0.15) is 0 Å². The number of nitrogens with zero attached hydrogens (tertiary/aromatic N) is 1. The SMILES string of the molecule is COc1ccc(N2C(=O)[C@H]3Oc4ccc(OC)cc4[C@@H](O)[C@H]32)cc1. The maximum atomic E-state index is 12.5. The highest BCUT2D eigenvalue weighted by Crippen LogP contribution is 2.45. The van der Waals surface area contributed by atoms with E-state index in [2.05, 4.69) is 0 Å². The van der Waals surface area contributed by atoms with E-state index in [1.165, 1.54) is 0 Å². The summed E-state index contributed by atoms with van der Waals surface area (Å²) in [5, 5.41) is 10.8. The van der Waals surface area contributed by atoms with Crippen LogP contribution >= 0.6 is 0 Å². The number of β-lactam (4-membered cyclic amide) rings is 1. The predicted octanol–water partition coefficient (Wildman–Crippen LogP) is 1.91. The fraction of sp³-hybridized carbons (Fsp3) is 0.278. The Labute approximate surface area is 139 Å². The van der Waals surface area contributed by atoms with Crippen LogP contribution in [-0.2, 0) is 4.79 Å². The molecular weight excluding hydrogens is 310 g/mol. The lowest BCUT2D eigenvalue weighted by molar-refractivity contribution is -0.141. The average Bonchev–Trinajstić information content (AvgIpc) is 2.63. The third-order valence-corrected chi connectivity index (χ3v) is 4.55. The molecule has 1 amide bonds. The standard InChI is InChI=1S/C18H17NO5/c1-22-11-5-3-10(4-6-11)19-15-16(20)13-9-12(23-2)7-8-14(13)24-17(15)18(19)21/h3-9,15-17,20H,1-2H3/t15-,16-,17+/m1/s1. The molecule has 2 aliphatic rings. The van der Waals surface area contributed by atoms with Gasteiger partial charge in [0.05, 0.1) is 14.2 Å². The van der Waals surface area contributed by atoms with Gasteiger partial charge in [0.1, 0.15) is 29.4 Å². The number of aliphatic hydroxyl groups is 1. The van der Waals surface area contributed by atoms with Gasteiger partial charge in [0, 0.05) is 11.3 Å². The first-order valence-electron chi connectivity index (χ1n) is 7.64. The van der Waals surface area contributed by atoms with Crippen molar-refractivity contribution in [2.75, 3.05) is 19.1 Å². The molecule has 0 aliphatic carbocycles. The van der Waals surface area contributed by atoms with E-state index in [1.54, 1.807) is 61.6 Å². The molecule has 0 unspecified atom stereocenters. The van der Waals surface area contributed by atoms with Crippen molar-refractivity contribution in [1.29, 1.82) is 0 Å². The van der Waals surface area contributed by atoms with Gasteiger partial charge in [0.15, 0.2) is 0 Å². The Bertz CT molecular complexity index is 788. The van der Waals surface area contributed by atoms with Crippen molar-refractivity contribution >= 4 is 11.6 Å². The highest BCUT2D eigenvalue weighted by molar-refractivity contribution is 6.05. The first-order valence-corrected chi connectivity index (χ1v) is 7.64. The lowest BCUT2D eigenvalue weighted by atomic mass is 9.85. The first kappa shape index (κ1) is 14.8. The molecule has 3 atom stereocenters. The predicted molar refractivity (Wildman–Crippen MR) is 86.6 cm³/mol. The summed E-state index contributed by atoms with van der Waals surface area (Å²) in [5.74, 6) is 1.70. The molecule has 2 aromatic carbocycles. The summed E-state index contributed by atoms with van der Waals surface area (Å²) in [7, 11) is 3.15. The van der Waals surface area contributed by atoms with Crippen molar-refractivity contribution in [3.63, 3.8) is 0 Å². The van der Waals surface area contributed by atoms with Crippen molar-refractivity contribution < 1.29 is 24.1 Å². The number of hydrogen-bond donors (Lipinski definition) is 1. The quantitative estimate of drug-likeness (QED) is 0.872. The number of hydrogen-bond acceptors (Lipinski definition) is 5. The summed E-state index contributed by atoms with van der Waals surface area (Å²) in [6.45, 7) is 0. The minimum atomic E-state index is -0.839. The Hall–Kier alpha value is -2.73. The molecule has 0 bridgehead atoms. The molecule has 4 rings (SSSR count). The average molecular weight is 327 g/mol. The van der Waals surface area contributed by atoms with Gasteiger partial charge in [0.25, 0.3) is 5.91 Å². The zero-order valence-corrected chi connectivity index (χ0v) is 13.3. The molecule has 0 radical (unpaired) electrons. The van der Waals surface area contributed by atoms with E-state index in [9.17, 15) is 9.90 Å². The van der Waals surface area contributed by atoms with E-state index in [0.29, 0.717) is 28.5 Å². The fourth-order valence-corrected chi connectivity index (χ4v) is 3.27. The van der Waals surface area contributed by atoms with Crippen LogP contribution in [0.2, 0.25) is 0 Å². The summed E-state index contributed by atoms with van der Waals surface area (Å²) in [4.78, 5) is 14.0. The van der Waals surface area contributed by atoms with Crippen molar-refractivity contribution in [3.8, 4) is 17.2 Å². The van der Waals surface area contributed by atoms with Gasteiger partial charge in [-0.25, -0.2) is 0 Å². The molecule has 1 saturated heterocycles. The van der Waals surface area contributed by atoms with Crippen LogP contribution in [0, 0.1) is 0 Å². The van der Waals surface area contributed by atoms with Crippen LogP contribution in [0.1, 0.15) is 11.7 Å². The van der Waals surface area contributed by atoms with Gasteiger partial charge in [0.2, 0.25) is 6.10 Å². The molecule has 1 N–H and O–H groups in total. The number of fused-ring (bicyclic) bond motifs is 2. The highest BCUT2D eigenvalue weighted by Gasteiger charge is 2.56. The van der Waals surface area contributed by atoms with E-state index >= 15 is 0 Å². The molecule has 124 valence electrons. The van der Waals surface area contributed by atoms with Crippen LogP contribution in [-0.4, -0.2) is 37.4 Å². The first-order chi connectivity index (χ1) is 11.6. The molecule has 0 saturated carbocycles. The van der Waals surface area contributed by atoms with Gasteiger partial charge in [-0.05, 0) is 42.5 Å². The maximum absolute atomic E-state index is 12.5. The van der Waals surface area contributed by atoms with E-state index in [-0.39, 0.29) is 5.91 Å². The number of rotatable bonds is 3. The Balaban J connectivity index is 1.68. The third-order valence-electron chi connectivity index (χ3n) is 4.55. The molecule has 6 heteroatoms. The van der Waals surface area contributed by atoms with E-state index < -0.39 is 18.2 Å². The molecule has 0 spiro atoms. The Morgan fingerprint density at radius 1 is 1.04 bits per heavy atom. The van der Waals surface area contributed by atoms with E-state index in [4.69, 9.17) is 14.2 Å². The zero-order valence-electron chi connectivity index (χ0n) is 13.3. The Kier molecular flexibility index (Phi) is 3.35. The van der Waals surface area contributed by atoms with Crippen LogP contribution in [0.3, 0.4) is 0 Å². The topological polar surface area (TPSA) is 68.2 Å². The number of methoxy groups -OCH3 is 2. The van der Waals surface area contributed by atoms with Crippen molar-refractivity contribution in [1.82, 2.24) is 0 Å². The Morgan fingerprint density at radius 3 is 2.38 bits per heavy atom. The molecule has 1 fully saturated rings. The number of carbonyl (C=O) groups is 1. The van der Waals surface area contributed by atoms with Crippen LogP contribution in [0.4, 0.5) is 5.69 Å². The second kappa shape index (κ2) is 5.42. The lowest BCUT2D eigenvalue weighted by Crippen LogP contribution is -2.70. The van der Waals surface area contributed by atoms with Gasteiger partial charge in [-0.1, -0.05) is 0 Å². The normalized spacial score (nSPS) is 24.4. The van der Waals surface area contributed by atoms with E-state index in [1.807, 2.05) is 0 Å². The van der Waals surface area contributed by atoms with Crippen molar-refractivity contribution in [2.24, 2.45) is 0 Å². The van der Waals surface area contributed by atoms with Crippen LogP contribution in [0.5, 0.6) is 17.2 Å². The maximum Gasteiger partial charge on any atom is 0.270 e. The second-order valence-electron chi connectivity index (χ2n) is 5.78. The van der Waals surface area contributed by atoms with Crippen LogP contribution < -0.4 is 19.1 Å². The lowest BCUT2D eigenvalue weighted by Gasteiger charge is -2.51. The summed E-state index contributed by atoms with van der Waals surface area (Å²) in [5.41, 5.74) is 1.33. The van der Waals surface area contributed by atoms with Gasteiger partial charge < -0.3 is 19.3 Å². The molecule has 2 aromatic rings. The zero-order chi connectivity index (χ0) is 16.8. The number of amides is 1. The monoisotopic (exact) mass is 327 g/mol.